The van der Waals surface area contributed by atoms with Crippen LogP contribution in [0, 0.1) is 6.92 Å². The van der Waals surface area contributed by atoms with Crippen molar-refractivity contribution in [3.05, 3.63) is 65.2 Å². The first-order valence-corrected chi connectivity index (χ1v) is 8.09. The molecule has 25 heavy (non-hydrogen) atoms. The highest BCUT2D eigenvalue weighted by atomic mass is 16.5. The molecule has 0 saturated heterocycles. The standard InChI is InChI=1S/C19H23N3O3/c1-4-25-17-11-7-15(8-12-17)13-22(3)19(24)21-20-18(23)16-9-5-14(2)6-10-16/h5-12H,4,13H2,1-3H3,(H,20,23)(H,21,24). The van der Waals surface area contributed by atoms with Crippen molar-refractivity contribution in [2.45, 2.75) is 20.4 Å². The lowest BCUT2D eigenvalue weighted by Crippen LogP contribution is -2.47. The number of hydrogen-bond donors (Lipinski definition) is 2. The molecule has 0 aromatic heterocycles. The number of ether oxygens (including phenoxy) is 1. The van der Waals surface area contributed by atoms with Crippen molar-refractivity contribution in [3.63, 3.8) is 0 Å². The molecule has 132 valence electrons. The van der Waals surface area contributed by atoms with E-state index in [1.807, 2.05) is 50.2 Å². The maximum Gasteiger partial charge on any atom is 0.336 e. The van der Waals surface area contributed by atoms with Crippen molar-refractivity contribution in [1.82, 2.24) is 15.8 Å². The molecule has 2 N–H and O–H groups in total. The van der Waals surface area contributed by atoms with Gasteiger partial charge in [0.2, 0.25) is 0 Å². The molecule has 0 radical (unpaired) electrons. The van der Waals surface area contributed by atoms with Gasteiger partial charge in [0.25, 0.3) is 5.91 Å². The second-order valence-corrected chi connectivity index (χ2v) is 5.68. The average Bonchev–Trinajstić information content (AvgIpc) is 2.61. The number of hydrogen-bond acceptors (Lipinski definition) is 3. The Labute approximate surface area is 147 Å². The summed E-state index contributed by atoms with van der Waals surface area (Å²) in [5, 5.41) is 0. The van der Waals surface area contributed by atoms with Crippen LogP contribution < -0.4 is 15.6 Å². The van der Waals surface area contributed by atoms with Gasteiger partial charge in [-0.15, -0.1) is 0 Å². The first-order valence-electron chi connectivity index (χ1n) is 8.09. The summed E-state index contributed by atoms with van der Waals surface area (Å²) < 4.78 is 5.39. The van der Waals surface area contributed by atoms with E-state index < -0.39 is 6.03 Å². The van der Waals surface area contributed by atoms with E-state index in [9.17, 15) is 9.59 Å². The van der Waals surface area contributed by atoms with Crippen molar-refractivity contribution >= 4 is 11.9 Å². The van der Waals surface area contributed by atoms with Gasteiger partial charge in [-0.1, -0.05) is 29.8 Å². The Morgan fingerprint density at radius 3 is 2.24 bits per heavy atom. The van der Waals surface area contributed by atoms with E-state index in [4.69, 9.17) is 4.74 Å². The minimum Gasteiger partial charge on any atom is -0.494 e. The van der Waals surface area contributed by atoms with Gasteiger partial charge in [-0.25, -0.2) is 10.2 Å². The van der Waals surface area contributed by atoms with Crippen molar-refractivity contribution in [2.75, 3.05) is 13.7 Å². The van der Waals surface area contributed by atoms with E-state index in [0.29, 0.717) is 18.7 Å². The Morgan fingerprint density at radius 2 is 1.64 bits per heavy atom. The van der Waals surface area contributed by atoms with Crippen LogP contribution in [0.1, 0.15) is 28.4 Å². The van der Waals surface area contributed by atoms with Gasteiger partial charge < -0.3 is 9.64 Å². The second-order valence-electron chi connectivity index (χ2n) is 5.68. The summed E-state index contributed by atoms with van der Waals surface area (Å²) in [7, 11) is 1.66. The van der Waals surface area contributed by atoms with Gasteiger partial charge in [-0.2, -0.15) is 0 Å². The lowest BCUT2D eigenvalue weighted by atomic mass is 10.1. The Kier molecular flexibility index (Phi) is 6.39. The average molecular weight is 341 g/mol. The summed E-state index contributed by atoms with van der Waals surface area (Å²) in [6, 6.07) is 14.2. The van der Waals surface area contributed by atoms with Crippen LogP contribution >= 0.6 is 0 Å². The molecule has 0 unspecified atom stereocenters. The van der Waals surface area contributed by atoms with Crippen LogP contribution in [-0.2, 0) is 6.54 Å². The summed E-state index contributed by atoms with van der Waals surface area (Å²) in [6.07, 6.45) is 0. The van der Waals surface area contributed by atoms with Crippen LogP contribution in [0.3, 0.4) is 0 Å². The number of urea groups is 1. The lowest BCUT2D eigenvalue weighted by Gasteiger charge is -2.18. The molecule has 3 amide bonds. The van der Waals surface area contributed by atoms with E-state index in [1.165, 1.54) is 4.90 Å². The van der Waals surface area contributed by atoms with Gasteiger partial charge in [0.1, 0.15) is 5.75 Å². The number of carbonyl (C=O) groups excluding carboxylic acids is 2. The zero-order valence-electron chi connectivity index (χ0n) is 14.7. The summed E-state index contributed by atoms with van der Waals surface area (Å²) in [6.45, 7) is 4.90. The molecule has 0 bridgehead atoms. The fourth-order valence-corrected chi connectivity index (χ4v) is 2.19. The molecular formula is C19H23N3O3. The molecule has 0 saturated carbocycles. The Balaban J connectivity index is 1.83. The van der Waals surface area contributed by atoms with Crippen molar-refractivity contribution < 1.29 is 14.3 Å². The first-order chi connectivity index (χ1) is 12.0. The third kappa shape index (κ3) is 5.53. The molecule has 0 aliphatic carbocycles. The molecular weight excluding hydrogens is 318 g/mol. The summed E-state index contributed by atoms with van der Waals surface area (Å²) in [5.41, 5.74) is 7.34. The molecule has 2 rings (SSSR count). The van der Waals surface area contributed by atoms with Gasteiger partial charge in [0, 0.05) is 19.2 Å². The molecule has 0 atom stereocenters. The third-order valence-electron chi connectivity index (χ3n) is 3.60. The largest absolute Gasteiger partial charge is 0.494 e. The lowest BCUT2D eigenvalue weighted by molar-refractivity contribution is 0.0931. The Bertz CT molecular complexity index is 712. The second kappa shape index (κ2) is 8.73. The highest BCUT2D eigenvalue weighted by Gasteiger charge is 2.11. The fourth-order valence-electron chi connectivity index (χ4n) is 2.19. The van der Waals surface area contributed by atoms with Crippen LogP contribution in [0.4, 0.5) is 4.79 Å². The number of rotatable bonds is 5. The minimum absolute atomic E-state index is 0.359. The molecule has 0 fully saturated rings. The highest BCUT2D eigenvalue weighted by molar-refractivity contribution is 5.95. The Morgan fingerprint density at radius 1 is 1.00 bits per heavy atom. The Hall–Kier alpha value is -3.02. The van der Waals surface area contributed by atoms with Crippen molar-refractivity contribution in [3.8, 4) is 5.75 Å². The third-order valence-corrected chi connectivity index (χ3v) is 3.60. The van der Waals surface area contributed by atoms with Gasteiger partial charge in [-0.05, 0) is 43.7 Å². The zero-order chi connectivity index (χ0) is 18.2. The number of aryl methyl sites for hydroxylation is 1. The molecule has 2 aromatic carbocycles. The summed E-state index contributed by atoms with van der Waals surface area (Å²) in [5.74, 6) is 0.437. The summed E-state index contributed by atoms with van der Waals surface area (Å²) >= 11 is 0. The van der Waals surface area contributed by atoms with E-state index in [1.54, 1.807) is 19.2 Å². The van der Waals surface area contributed by atoms with Crippen LogP contribution in [0.15, 0.2) is 48.5 Å². The quantitative estimate of drug-likeness (QED) is 0.822. The molecule has 0 spiro atoms. The van der Waals surface area contributed by atoms with Gasteiger partial charge in [0.05, 0.1) is 6.61 Å². The number of hydrazine groups is 1. The predicted octanol–water partition coefficient (Wildman–Crippen LogP) is 2.88. The fraction of sp³-hybridized carbons (Fsp3) is 0.263. The maximum absolute atomic E-state index is 12.1. The zero-order valence-corrected chi connectivity index (χ0v) is 14.7. The van der Waals surface area contributed by atoms with E-state index >= 15 is 0 Å². The van der Waals surface area contributed by atoms with Gasteiger partial charge in [-0.3, -0.25) is 10.2 Å². The SMILES string of the molecule is CCOc1ccc(CN(C)C(=O)NNC(=O)c2ccc(C)cc2)cc1. The molecule has 0 heterocycles. The molecule has 0 aliphatic heterocycles. The van der Waals surface area contributed by atoms with Crippen LogP contribution in [0.5, 0.6) is 5.75 Å². The smallest absolute Gasteiger partial charge is 0.336 e. The molecule has 6 heteroatoms. The topological polar surface area (TPSA) is 70.7 Å². The van der Waals surface area contributed by atoms with Gasteiger partial charge >= 0.3 is 6.03 Å². The molecule has 0 aliphatic rings. The molecule has 6 nitrogen and oxygen atoms in total. The highest BCUT2D eigenvalue weighted by Crippen LogP contribution is 2.13. The number of carbonyl (C=O) groups is 2. The predicted molar refractivity (Wildman–Crippen MR) is 96.3 cm³/mol. The van der Waals surface area contributed by atoms with Crippen LogP contribution in [-0.4, -0.2) is 30.5 Å². The van der Waals surface area contributed by atoms with Crippen LogP contribution in [0.25, 0.3) is 0 Å². The maximum atomic E-state index is 12.1. The monoisotopic (exact) mass is 341 g/mol. The normalized spacial score (nSPS) is 10.0. The number of nitrogens with zero attached hydrogens (tertiary/aromatic N) is 1. The van der Waals surface area contributed by atoms with Crippen molar-refractivity contribution in [1.29, 1.82) is 0 Å². The number of amides is 3. The number of benzene rings is 2. The minimum atomic E-state index is -0.394. The molecule has 2 aromatic rings. The van der Waals surface area contributed by atoms with Crippen LogP contribution in [0.2, 0.25) is 0 Å². The van der Waals surface area contributed by atoms with E-state index in [2.05, 4.69) is 10.9 Å². The van der Waals surface area contributed by atoms with Gasteiger partial charge in [0.15, 0.2) is 0 Å². The first kappa shape index (κ1) is 18.3. The van der Waals surface area contributed by atoms with Crippen molar-refractivity contribution in [2.24, 2.45) is 0 Å². The van der Waals surface area contributed by atoms with E-state index in [0.717, 1.165) is 16.9 Å². The van der Waals surface area contributed by atoms with E-state index in [-0.39, 0.29) is 5.91 Å². The number of nitrogens with one attached hydrogen (secondary N) is 2. The summed E-state index contributed by atoms with van der Waals surface area (Å²) in [4.78, 5) is 25.5.